The van der Waals surface area contributed by atoms with E-state index in [-0.39, 0.29) is 11.9 Å². The zero-order valence-electron chi connectivity index (χ0n) is 12.9. The van der Waals surface area contributed by atoms with Gasteiger partial charge in [0.1, 0.15) is 5.82 Å². The van der Waals surface area contributed by atoms with E-state index in [2.05, 4.69) is 38.3 Å². The van der Waals surface area contributed by atoms with Crippen molar-refractivity contribution in [2.24, 2.45) is 5.84 Å². The number of benzene rings is 2. The lowest BCUT2D eigenvalue weighted by atomic mass is 9.92. The Morgan fingerprint density at radius 1 is 1.05 bits per heavy atom. The molecule has 0 aliphatic rings. The Morgan fingerprint density at radius 2 is 1.71 bits per heavy atom. The van der Waals surface area contributed by atoms with E-state index in [1.807, 2.05) is 6.07 Å². The maximum Gasteiger partial charge on any atom is 0.123 e. The van der Waals surface area contributed by atoms with E-state index >= 15 is 0 Å². The van der Waals surface area contributed by atoms with Crippen LogP contribution in [-0.4, -0.2) is 6.04 Å². The third-order valence-electron chi connectivity index (χ3n) is 3.90. The van der Waals surface area contributed by atoms with Gasteiger partial charge in [-0.3, -0.25) is 11.3 Å². The quantitative estimate of drug-likeness (QED) is 0.653. The molecule has 0 saturated heterocycles. The van der Waals surface area contributed by atoms with Crippen LogP contribution < -0.4 is 11.3 Å². The van der Waals surface area contributed by atoms with Crippen LogP contribution in [-0.2, 0) is 12.8 Å². The molecule has 0 radical (unpaired) electrons. The number of aryl methyl sites for hydroxylation is 3. The molecule has 112 valence electrons. The molecule has 0 aliphatic carbocycles. The largest absolute Gasteiger partial charge is 0.271 e. The van der Waals surface area contributed by atoms with Gasteiger partial charge in [-0.15, -0.1) is 0 Å². The minimum Gasteiger partial charge on any atom is -0.271 e. The molecule has 0 amide bonds. The molecule has 0 bridgehead atoms. The van der Waals surface area contributed by atoms with Crippen LogP contribution in [0.2, 0.25) is 0 Å². The highest BCUT2D eigenvalue weighted by atomic mass is 19.1. The summed E-state index contributed by atoms with van der Waals surface area (Å²) in [4.78, 5) is 0. The Balaban J connectivity index is 2.16. The molecule has 1 atom stereocenters. The summed E-state index contributed by atoms with van der Waals surface area (Å²) in [6.07, 6.45) is 1.55. The lowest BCUT2D eigenvalue weighted by molar-refractivity contribution is 0.518. The third-order valence-corrected chi connectivity index (χ3v) is 3.90. The van der Waals surface area contributed by atoms with Gasteiger partial charge in [-0.05, 0) is 68.0 Å². The van der Waals surface area contributed by atoms with E-state index in [1.165, 1.54) is 28.3 Å². The summed E-state index contributed by atoms with van der Waals surface area (Å²) >= 11 is 0. The van der Waals surface area contributed by atoms with Crippen LogP contribution in [0.5, 0.6) is 0 Å². The van der Waals surface area contributed by atoms with Crippen molar-refractivity contribution in [2.75, 3.05) is 0 Å². The maximum absolute atomic E-state index is 13.3. The van der Waals surface area contributed by atoms with E-state index in [1.54, 1.807) is 12.1 Å². The standard InChI is InChI=1S/C18H23FN2/c1-12-7-13(2)18(14(3)8-12)11-17(21-20)10-15-5-4-6-16(19)9-15/h4-9,17,21H,10-11,20H2,1-3H3. The van der Waals surface area contributed by atoms with E-state index in [4.69, 9.17) is 5.84 Å². The number of halogens is 1. The molecule has 0 aliphatic heterocycles. The lowest BCUT2D eigenvalue weighted by Crippen LogP contribution is -2.38. The molecule has 2 nitrogen and oxygen atoms in total. The summed E-state index contributed by atoms with van der Waals surface area (Å²) in [5.74, 6) is 5.49. The number of hydrazine groups is 1. The first-order valence-electron chi connectivity index (χ1n) is 7.27. The fourth-order valence-electron chi connectivity index (χ4n) is 2.92. The number of rotatable bonds is 5. The van der Waals surface area contributed by atoms with Gasteiger partial charge in [-0.25, -0.2) is 4.39 Å². The Labute approximate surface area is 126 Å². The van der Waals surface area contributed by atoms with Crippen LogP contribution >= 0.6 is 0 Å². The van der Waals surface area contributed by atoms with Crippen molar-refractivity contribution >= 4 is 0 Å². The van der Waals surface area contributed by atoms with Crippen LogP contribution in [0.4, 0.5) is 4.39 Å². The molecule has 0 heterocycles. The van der Waals surface area contributed by atoms with Crippen LogP contribution in [0.25, 0.3) is 0 Å². The van der Waals surface area contributed by atoms with Gasteiger partial charge in [0, 0.05) is 6.04 Å². The van der Waals surface area contributed by atoms with Gasteiger partial charge >= 0.3 is 0 Å². The van der Waals surface area contributed by atoms with Crippen LogP contribution in [0.3, 0.4) is 0 Å². The predicted molar refractivity (Wildman–Crippen MR) is 85.6 cm³/mol. The summed E-state index contributed by atoms with van der Waals surface area (Å²) in [5.41, 5.74) is 8.99. The molecule has 2 aromatic carbocycles. The monoisotopic (exact) mass is 286 g/mol. The van der Waals surface area contributed by atoms with Crippen LogP contribution in [0, 0.1) is 26.6 Å². The molecule has 3 heteroatoms. The average Bonchev–Trinajstić information content (AvgIpc) is 2.41. The highest BCUT2D eigenvalue weighted by Crippen LogP contribution is 2.19. The maximum atomic E-state index is 13.3. The summed E-state index contributed by atoms with van der Waals surface area (Å²) in [7, 11) is 0. The average molecular weight is 286 g/mol. The van der Waals surface area contributed by atoms with Crippen molar-refractivity contribution in [1.29, 1.82) is 0 Å². The van der Waals surface area contributed by atoms with E-state index in [0.29, 0.717) is 6.42 Å². The van der Waals surface area contributed by atoms with Crippen molar-refractivity contribution in [2.45, 2.75) is 39.7 Å². The number of nitrogens with one attached hydrogen (secondary N) is 1. The van der Waals surface area contributed by atoms with E-state index < -0.39 is 0 Å². The molecule has 21 heavy (non-hydrogen) atoms. The predicted octanol–water partition coefficient (Wildman–Crippen LogP) is 3.37. The third kappa shape index (κ3) is 4.13. The van der Waals surface area contributed by atoms with Gasteiger partial charge in [-0.1, -0.05) is 29.8 Å². The number of hydrogen-bond acceptors (Lipinski definition) is 2. The second kappa shape index (κ2) is 6.83. The van der Waals surface area contributed by atoms with Gasteiger partial charge in [0.25, 0.3) is 0 Å². The molecule has 2 rings (SSSR count). The highest BCUT2D eigenvalue weighted by molar-refractivity contribution is 5.38. The first kappa shape index (κ1) is 15.7. The van der Waals surface area contributed by atoms with E-state index in [9.17, 15) is 4.39 Å². The summed E-state index contributed by atoms with van der Waals surface area (Å²) < 4.78 is 13.3. The lowest BCUT2D eigenvalue weighted by Gasteiger charge is -2.19. The molecule has 2 aromatic rings. The summed E-state index contributed by atoms with van der Waals surface area (Å²) in [6.45, 7) is 6.37. The Bertz CT molecular complexity index is 599. The van der Waals surface area contributed by atoms with Gasteiger partial charge < -0.3 is 0 Å². The SMILES string of the molecule is Cc1cc(C)c(CC(Cc2cccc(F)c2)NN)c(C)c1. The van der Waals surface area contributed by atoms with Crippen molar-refractivity contribution in [3.8, 4) is 0 Å². The van der Waals surface area contributed by atoms with Gasteiger partial charge in [0.15, 0.2) is 0 Å². The molecule has 0 fully saturated rings. The second-order valence-corrected chi connectivity index (χ2v) is 5.78. The molecular weight excluding hydrogens is 263 g/mol. The van der Waals surface area contributed by atoms with E-state index in [0.717, 1.165) is 12.0 Å². The normalized spacial score (nSPS) is 12.4. The molecule has 0 saturated carbocycles. The number of hydrogen-bond donors (Lipinski definition) is 2. The molecular formula is C18H23FN2. The number of nitrogens with two attached hydrogens (primary N) is 1. The van der Waals surface area contributed by atoms with Crippen LogP contribution in [0.15, 0.2) is 36.4 Å². The zero-order chi connectivity index (χ0) is 15.4. The fraction of sp³-hybridized carbons (Fsp3) is 0.333. The van der Waals surface area contributed by atoms with Gasteiger partial charge in [-0.2, -0.15) is 0 Å². The molecule has 0 aromatic heterocycles. The first-order chi connectivity index (χ1) is 9.99. The van der Waals surface area contributed by atoms with Crippen molar-refractivity contribution in [3.63, 3.8) is 0 Å². The van der Waals surface area contributed by atoms with Gasteiger partial charge in [0.05, 0.1) is 0 Å². The minimum atomic E-state index is -0.203. The molecule has 0 spiro atoms. The van der Waals surface area contributed by atoms with Crippen molar-refractivity contribution < 1.29 is 4.39 Å². The highest BCUT2D eigenvalue weighted by Gasteiger charge is 2.13. The first-order valence-corrected chi connectivity index (χ1v) is 7.27. The Kier molecular flexibility index (Phi) is 5.10. The smallest absolute Gasteiger partial charge is 0.123 e. The Morgan fingerprint density at radius 3 is 2.29 bits per heavy atom. The Hall–Kier alpha value is -1.71. The molecule has 1 unspecified atom stereocenters. The topological polar surface area (TPSA) is 38.0 Å². The van der Waals surface area contributed by atoms with Crippen molar-refractivity contribution in [1.82, 2.24) is 5.43 Å². The second-order valence-electron chi connectivity index (χ2n) is 5.78. The van der Waals surface area contributed by atoms with Gasteiger partial charge in [0.2, 0.25) is 0 Å². The van der Waals surface area contributed by atoms with Crippen molar-refractivity contribution in [3.05, 3.63) is 70.0 Å². The molecule has 3 N–H and O–H groups in total. The summed E-state index contributed by atoms with van der Waals surface area (Å²) in [6, 6.07) is 11.2. The zero-order valence-corrected chi connectivity index (χ0v) is 12.9. The van der Waals surface area contributed by atoms with Crippen LogP contribution in [0.1, 0.15) is 27.8 Å². The summed E-state index contributed by atoms with van der Waals surface area (Å²) in [5, 5.41) is 0. The minimum absolute atomic E-state index is 0.0897. The fourth-order valence-corrected chi connectivity index (χ4v) is 2.92.